The number of thiazole rings is 1. The fraction of sp³-hybridized carbons (Fsp3) is 0.212. The van der Waals surface area contributed by atoms with E-state index in [2.05, 4.69) is 51.1 Å². The summed E-state index contributed by atoms with van der Waals surface area (Å²) in [5.41, 5.74) is 8.50. The van der Waals surface area contributed by atoms with Crippen LogP contribution in [0.2, 0.25) is 0 Å². The van der Waals surface area contributed by atoms with E-state index in [1.165, 1.54) is 46.6 Å². The lowest BCUT2D eigenvalue weighted by Gasteiger charge is -2.13. The van der Waals surface area contributed by atoms with Crippen LogP contribution in [0, 0.1) is 20.8 Å². The average Bonchev–Trinajstić information content (AvgIpc) is 3.74. The summed E-state index contributed by atoms with van der Waals surface area (Å²) in [7, 11) is 0. The third kappa shape index (κ3) is 6.60. The number of carbonyl (C=O) groups excluding carboxylic acids is 1. The van der Waals surface area contributed by atoms with Gasteiger partial charge in [0.05, 0.1) is 11.4 Å². The van der Waals surface area contributed by atoms with Gasteiger partial charge in [0, 0.05) is 22.3 Å². The van der Waals surface area contributed by atoms with Crippen molar-refractivity contribution in [1.29, 1.82) is 0 Å². The van der Waals surface area contributed by atoms with Crippen LogP contribution in [-0.2, 0) is 0 Å². The summed E-state index contributed by atoms with van der Waals surface area (Å²) in [5, 5.41) is 9.52. The molecule has 0 fully saturated rings. The molecule has 0 saturated heterocycles. The Balaban J connectivity index is 1.19. The molecule has 1 aliphatic carbocycles. The fourth-order valence-electron chi connectivity index (χ4n) is 5.49. The molecule has 6 rings (SSSR count). The molecular weight excluding hydrogens is 601 g/mol. The maximum atomic E-state index is 13.2. The Morgan fingerprint density at radius 1 is 0.956 bits per heavy atom. The van der Waals surface area contributed by atoms with Gasteiger partial charge in [-0.2, -0.15) is 4.99 Å². The van der Waals surface area contributed by atoms with E-state index >= 15 is 0 Å². The molecule has 230 valence electrons. The summed E-state index contributed by atoms with van der Waals surface area (Å²) in [6.07, 6.45) is -0.753. The standard InChI is InChI=1S/C33H29F3N6O2S/c1-20-6-4-7-21(2)29(20)42-22(3)18-45-32(42)39-31(43)38-28-9-5-8-27(28)23-10-12-24(13-11-23)30-37-19-41(40-30)25-14-16-26(17-15-25)44-33(34,35)36/h4,6-7,10-19H,5,8-9H2,1-3H3,(H,38,43). The van der Waals surface area contributed by atoms with E-state index in [-0.39, 0.29) is 5.75 Å². The second-order valence-corrected chi connectivity index (χ2v) is 11.6. The van der Waals surface area contributed by atoms with Gasteiger partial charge in [0.2, 0.25) is 0 Å². The van der Waals surface area contributed by atoms with Crippen LogP contribution in [-0.4, -0.2) is 31.7 Å². The highest BCUT2D eigenvalue weighted by Crippen LogP contribution is 2.33. The van der Waals surface area contributed by atoms with Crippen molar-refractivity contribution in [3.8, 4) is 28.5 Å². The Hall–Kier alpha value is -4.97. The van der Waals surface area contributed by atoms with Crippen molar-refractivity contribution >= 4 is 22.9 Å². The zero-order valence-electron chi connectivity index (χ0n) is 24.7. The number of rotatable bonds is 6. The Morgan fingerprint density at radius 3 is 2.33 bits per heavy atom. The number of aryl methyl sites for hydroxylation is 3. The van der Waals surface area contributed by atoms with Gasteiger partial charge in [-0.3, -0.25) is 4.57 Å². The van der Waals surface area contributed by atoms with E-state index < -0.39 is 12.4 Å². The molecular formula is C33H29F3N6O2S. The van der Waals surface area contributed by atoms with Crippen molar-refractivity contribution in [1.82, 2.24) is 24.6 Å². The molecule has 1 aliphatic rings. The van der Waals surface area contributed by atoms with Crippen molar-refractivity contribution in [3.05, 3.63) is 111 Å². The summed E-state index contributed by atoms with van der Waals surface area (Å²) >= 11 is 1.43. The molecule has 5 aromatic rings. The van der Waals surface area contributed by atoms with Crippen LogP contribution < -0.4 is 14.9 Å². The van der Waals surface area contributed by atoms with Crippen LogP contribution in [0.3, 0.4) is 0 Å². The molecule has 3 aromatic carbocycles. The maximum absolute atomic E-state index is 13.2. The van der Waals surface area contributed by atoms with E-state index in [4.69, 9.17) is 0 Å². The Morgan fingerprint density at radius 2 is 1.64 bits per heavy atom. The lowest BCUT2D eigenvalue weighted by molar-refractivity contribution is -0.274. The molecule has 2 aromatic heterocycles. The summed E-state index contributed by atoms with van der Waals surface area (Å²) in [6.45, 7) is 6.12. The van der Waals surface area contributed by atoms with Gasteiger partial charge < -0.3 is 10.1 Å². The monoisotopic (exact) mass is 630 g/mol. The zero-order valence-corrected chi connectivity index (χ0v) is 25.5. The van der Waals surface area contributed by atoms with Gasteiger partial charge in [-0.25, -0.2) is 14.5 Å². The van der Waals surface area contributed by atoms with Crippen molar-refractivity contribution in [2.24, 2.45) is 4.99 Å². The minimum atomic E-state index is -4.75. The van der Waals surface area contributed by atoms with E-state index in [1.807, 2.05) is 47.2 Å². The third-order valence-electron chi connectivity index (χ3n) is 7.53. The number of halogens is 3. The van der Waals surface area contributed by atoms with Gasteiger partial charge in [0.1, 0.15) is 12.1 Å². The molecule has 2 heterocycles. The van der Waals surface area contributed by atoms with Crippen molar-refractivity contribution in [2.45, 2.75) is 46.4 Å². The van der Waals surface area contributed by atoms with Crippen molar-refractivity contribution in [3.63, 3.8) is 0 Å². The Bertz CT molecular complexity index is 1950. The number of allylic oxidation sites excluding steroid dienone is 2. The Kier molecular flexibility index (Phi) is 8.15. The second kappa shape index (κ2) is 12.2. The minimum absolute atomic E-state index is 0.310. The number of ether oxygens (including phenoxy) is 1. The van der Waals surface area contributed by atoms with Crippen LogP contribution >= 0.6 is 11.3 Å². The van der Waals surface area contributed by atoms with Crippen LogP contribution in [0.25, 0.3) is 28.3 Å². The van der Waals surface area contributed by atoms with Gasteiger partial charge in [0.15, 0.2) is 10.6 Å². The first-order valence-corrected chi connectivity index (χ1v) is 15.1. The molecule has 8 nitrogen and oxygen atoms in total. The third-order valence-corrected chi connectivity index (χ3v) is 8.48. The van der Waals surface area contributed by atoms with Crippen molar-refractivity contribution in [2.75, 3.05) is 0 Å². The number of hydrogen-bond acceptors (Lipinski definition) is 5. The van der Waals surface area contributed by atoms with Crippen LogP contribution in [0.5, 0.6) is 5.75 Å². The molecule has 0 radical (unpaired) electrons. The average molecular weight is 631 g/mol. The van der Waals surface area contributed by atoms with Gasteiger partial charge in [0.25, 0.3) is 0 Å². The molecule has 2 amide bonds. The van der Waals surface area contributed by atoms with E-state index in [0.717, 1.165) is 64.2 Å². The number of urea groups is 1. The maximum Gasteiger partial charge on any atom is 0.573 e. The normalized spacial score (nSPS) is 13.9. The largest absolute Gasteiger partial charge is 0.573 e. The lowest BCUT2D eigenvalue weighted by Crippen LogP contribution is -2.24. The number of benzene rings is 3. The van der Waals surface area contributed by atoms with Crippen LogP contribution in [0.15, 0.2) is 89.1 Å². The minimum Gasteiger partial charge on any atom is -0.406 e. The summed E-state index contributed by atoms with van der Waals surface area (Å²) < 4.78 is 44.8. The number of nitrogens with zero attached hydrogens (tertiary/aromatic N) is 5. The fourth-order valence-corrected chi connectivity index (χ4v) is 6.34. The number of carbonyl (C=O) groups is 1. The number of hydrogen-bond donors (Lipinski definition) is 1. The van der Waals surface area contributed by atoms with E-state index in [0.29, 0.717) is 16.3 Å². The highest BCUT2D eigenvalue weighted by molar-refractivity contribution is 7.07. The topological polar surface area (TPSA) is 86.3 Å². The molecule has 0 unspecified atom stereocenters. The predicted octanol–water partition coefficient (Wildman–Crippen LogP) is 7.82. The first-order valence-electron chi connectivity index (χ1n) is 14.3. The number of amides is 2. The van der Waals surface area contributed by atoms with Crippen LogP contribution in [0.1, 0.15) is 41.6 Å². The summed E-state index contributed by atoms with van der Waals surface area (Å²) in [5.74, 6) is 0.156. The molecule has 0 spiro atoms. The molecule has 0 atom stereocenters. The van der Waals surface area contributed by atoms with Crippen LogP contribution in [0.4, 0.5) is 18.0 Å². The van der Waals surface area contributed by atoms with Gasteiger partial charge in [-0.15, -0.1) is 29.6 Å². The predicted molar refractivity (Wildman–Crippen MR) is 166 cm³/mol. The molecule has 0 bridgehead atoms. The molecule has 0 saturated carbocycles. The lowest BCUT2D eigenvalue weighted by atomic mass is 10.0. The number of para-hydroxylation sites is 1. The molecule has 45 heavy (non-hydrogen) atoms. The highest BCUT2D eigenvalue weighted by atomic mass is 32.1. The number of alkyl halides is 3. The molecule has 1 N–H and O–H groups in total. The molecule has 0 aliphatic heterocycles. The first-order chi connectivity index (χ1) is 21.6. The second-order valence-electron chi connectivity index (χ2n) is 10.7. The van der Waals surface area contributed by atoms with Crippen molar-refractivity contribution < 1.29 is 22.7 Å². The summed E-state index contributed by atoms with van der Waals surface area (Å²) in [6, 6.07) is 18.9. The quantitative estimate of drug-likeness (QED) is 0.207. The first kappa shape index (κ1) is 30.1. The van der Waals surface area contributed by atoms with E-state index in [9.17, 15) is 18.0 Å². The smallest absolute Gasteiger partial charge is 0.406 e. The number of nitrogens with one attached hydrogen (secondary N) is 1. The van der Waals surface area contributed by atoms with Gasteiger partial charge >= 0.3 is 12.4 Å². The number of aromatic nitrogens is 4. The molecule has 12 heteroatoms. The summed E-state index contributed by atoms with van der Waals surface area (Å²) in [4.78, 5) is 22.6. The highest BCUT2D eigenvalue weighted by Gasteiger charge is 2.31. The van der Waals surface area contributed by atoms with Gasteiger partial charge in [-0.1, -0.05) is 42.5 Å². The van der Waals surface area contributed by atoms with Gasteiger partial charge in [-0.05, 0) is 86.6 Å². The Labute approximate surface area is 261 Å². The SMILES string of the molecule is Cc1cccc(C)c1-n1c(C)csc1=NC(=O)NC1=C(c2ccc(-c3ncn(-c4ccc(OC(F)(F)F)cc4)n3)cc2)CCC1. The zero-order chi connectivity index (χ0) is 31.7. The van der Waals surface area contributed by atoms with E-state index in [1.54, 1.807) is 0 Å².